The van der Waals surface area contributed by atoms with E-state index in [2.05, 4.69) is 10.3 Å². The third-order valence-electron chi connectivity index (χ3n) is 11.0. The summed E-state index contributed by atoms with van der Waals surface area (Å²) in [7, 11) is -3.61. The van der Waals surface area contributed by atoms with Crippen molar-refractivity contribution in [2.24, 2.45) is 5.92 Å². The molecule has 2 fully saturated rings. The topological polar surface area (TPSA) is 158 Å². The van der Waals surface area contributed by atoms with Gasteiger partial charge in [-0.2, -0.15) is 0 Å². The van der Waals surface area contributed by atoms with E-state index in [1.807, 2.05) is 36.5 Å². The fourth-order valence-electron chi connectivity index (χ4n) is 8.74. The van der Waals surface area contributed by atoms with Gasteiger partial charge in [0, 0.05) is 58.5 Å². The first-order valence-corrected chi connectivity index (χ1v) is 20.6. The molecule has 3 N–H and O–H groups in total. The average Bonchev–Trinajstić information content (AvgIpc) is 3.86. The Morgan fingerprint density at radius 1 is 1.15 bits per heavy atom. The molecule has 12 nitrogen and oxygen atoms in total. The van der Waals surface area contributed by atoms with Crippen molar-refractivity contribution in [3.8, 4) is 0 Å². The predicted molar refractivity (Wildman–Crippen MR) is 196 cm³/mol. The number of para-hydroxylation sites is 1. The van der Waals surface area contributed by atoms with Gasteiger partial charge in [0.1, 0.15) is 0 Å². The molecule has 1 spiro atoms. The molecule has 14 heteroatoms. The largest absolute Gasteiger partial charge is 0.394 e. The molecule has 2 saturated heterocycles. The van der Waals surface area contributed by atoms with Gasteiger partial charge in [-0.1, -0.05) is 37.3 Å². The first-order chi connectivity index (χ1) is 24.8. The summed E-state index contributed by atoms with van der Waals surface area (Å²) in [4.78, 5) is 59.2. The summed E-state index contributed by atoms with van der Waals surface area (Å²) in [5.41, 5.74) is 0.908. The molecule has 4 aromatic rings. The van der Waals surface area contributed by atoms with E-state index in [4.69, 9.17) is 4.74 Å². The molecule has 3 amide bonds. The number of rotatable bonds is 10. The van der Waals surface area contributed by atoms with Gasteiger partial charge in [0.15, 0.2) is 5.60 Å². The number of nitro groups is 1. The zero-order valence-corrected chi connectivity index (χ0v) is 30.3. The molecule has 0 saturated carbocycles. The van der Waals surface area contributed by atoms with Crippen LogP contribution < -0.4 is 10.2 Å². The highest BCUT2D eigenvalue weighted by molar-refractivity contribution is 6.72. The monoisotopic (exact) mass is 727 g/mol. The normalized spacial score (nSPS) is 24.2. The Labute approximate surface area is 301 Å². The van der Waals surface area contributed by atoms with Crippen LogP contribution in [-0.2, 0) is 37.7 Å². The summed E-state index contributed by atoms with van der Waals surface area (Å²) >= 11 is 0. The van der Waals surface area contributed by atoms with Crippen LogP contribution in [0.3, 0.4) is 0 Å². The predicted octanol–water partition coefficient (Wildman–Crippen LogP) is 5.95. The van der Waals surface area contributed by atoms with Crippen LogP contribution in [0.2, 0.25) is 18.6 Å². The number of nitrogens with zero attached hydrogens (tertiary/aromatic N) is 3. The van der Waals surface area contributed by atoms with Gasteiger partial charge in [0.2, 0.25) is 20.2 Å². The second-order valence-electron chi connectivity index (χ2n) is 14.7. The van der Waals surface area contributed by atoms with Crippen molar-refractivity contribution in [1.29, 1.82) is 0 Å². The Hall–Kier alpha value is -4.92. The number of hydrogen-bond donors (Lipinski definition) is 3. The molecule has 0 radical (unpaired) electrons. The maximum Gasteiger partial charge on any atom is 0.269 e. The molecule has 5 atom stereocenters. The minimum atomic E-state index is -3.61. The quantitative estimate of drug-likeness (QED) is 0.0788. The lowest BCUT2D eigenvalue weighted by Gasteiger charge is -2.31. The number of amides is 3. The fraction of sp³-hybridized carbons (Fsp3) is 0.395. The average molecular weight is 728 g/mol. The van der Waals surface area contributed by atoms with Crippen LogP contribution in [0.1, 0.15) is 42.9 Å². The number of halogens is 1. The number of aliphatic hydroxyl groups excluding tert-OH is 1. The molecule has 7 rings (SSSR count). The first-order valence-electron chi connectivity index (χ1n) is 17.6. The van der Waals surface area contributed by atoms with E-state index in [1.165, 1.54) is 36.2 Å². The van der Waals surface area contributed by atoms with E-state index in [-0.39, 0.29) is 55.1 Å². The molecule has 0 aliphatic carbocycles. The van der Waals surface area contributed by atoms with Crippen molar-refractivity contribution in [2.75, 3.05) is 23.4 Å². The second kappa shape index (κ2) is 13.6. The van der Waals surface area contributed by atoms with E-state index >= 15 is 4.11 Å². The molecule has 0 bridgehead atoms. The minimum absolute atomic E-state index is 0.0459. The lowest BCUT2D eigenvalue weighted by atomic mass is 9.82. The lowest BCUT2D eigenvalue weighted by Crippen LogP contribution is -2.45. The molecule has 272 valence electrons. The van der Waals surface area contributed by atoms with Crippen LogP contribution in [-0.4, -0.2) is 71.3 Å². The maximum absolute atomic E-state index is 16.3. The van der Waals surface area contributed by atoms with Crippen molar-refractivity contribution in [2.45, 2.75) is 75.5 Å². The number of likely N-dealkylation sites (tertiary alicyclic amines) is 1. The smallest absolute Gasteiger partial charge is 0.269 e. The zero-order valence-electron chi connectivity index (χ0n) is 29.3. The third kappa shape index (κ3) is 6.18. The Balaban J connectivity index is 1.18. The number of aliphatic hydroxyl groups is 1. The molecule has 1 aromatic heterocycles. The SMILES string of the molecule is C[C@@H]1[C@@H]([Si](C)(C)F)[C@H](CC(=O)N2CCC[C@H]2CO)O[C@@]12C(=O)N(Cc1cccc(NC(=O)Cc3c[nH]c4ccccc34)c1)c1ccc([N+](=O)[O-])cc12. The highest BCUT2D eigenvalue weighted by Gasteiger charge is 2.67. The highest BCUT2D eigenvalue weighted by atomic mass is 28.4. The van der Waals surface area contributed by atoms with E-state index in [9.17, 15) is 29.6 Å². The molecule has 3 aromatic carbocycles. The summed E-state index contributed by atoms with van der Waals surface area (Å²) in [5.74, 6) is -1.73. The molecular weight excluding hydrogens is 686 g/mol. The number of nitrogens with one attached hydrogen (secondary N) is 2. The van der Waals surface area contributed by atoms with Crippen LogP contribution in [0.25, 0.3) is 10.9 Å². The van der Waals surface area contributed by atoms with Crippen molar-refractivity contribution < 1.29 is 33.3 Å². The molecule has 3 aliphatic rings. The lowest BCUT2D eigenvalue weighted by molar-refractivity contribution is -0.385. The van der Waals surface area contributed by atoms with Crippen LogP contribution >= 0.6 is 0 Å². The summed E-state index contributed by atoms with van der Waals surface area (Å²) in [5, 5.41) is 25.7. The number of aromatic amines is 1. The number of fused-ring (bicyclic) bond motifs is 3. The molecule has 0 unspecified atom stereocenters. The van der Waals surface area contributed by atoms with Crippen LogP contribution in [0, 0.1) is 16.0 Å². The summed E-state index contributed by atoms with van der Waals surface area (Å²) < 4.78 is 23.0. The molecule has 52 heavy (non-hydrogen) atoms. The molecule has 3 aliphatic heterocycles. The maximum atomic E-state index is 16.3. The first kappa shape index (κ1) is 35.5. The number of aromatic nitrogens is 1. The van der Waals surface area contributed by atoms with Gasteiger partial charge in [-0.05, 0) is 61.3 Å². The Bertz CT molecular complexity index is 2070. The van der Waals surface area contributed by atoms with E-state index in [0.717, 1.165) is 22.9 Å². The summed E-state index contributed by atoms with van der Waals surface area (Å²) in [6.07, 6.45) is 2.25. The van der Waals surface area contributed by atoms with Crippen LogP contribution in [0.15, 0.2) is 72.9 Å². The van der Waals surface area contributed by atoms with Gasteiger partial charge in [-0.15, -0.1) is 0 Å². The second-order valence-corrected chi connectivity index (χ2v) is 18.5. The van der Waals surface area contributed by atoms with Gasteiger partial charge in [0.25, 0.3) is 11.6 Å². The van der Waals surface area contributed by atoms with Crippen molar-refractivity contribution in [1.82, 2.24) is 9.88 Å². The number of hydrogen-bond acceptors (Lipinski definition) is 7. The van der Waals surface area contributed by atoms with Gasteiger partial charge in [-0.25, -0.2) is 0 Å². The number of non-ortho nitro benzene ring substituents is 1. The standard InChI is InChI=1S/C38H42FN5O7Si/c1-23-36(52(2,3)39)33(19-35(47)42-15-7-10-28(42)22-45)51-38(23)30-18-27(44(49)50)13-14-32(30)43(37(38)48)21-24-8-6-9-26(16-24)41-34(46)17-25-20-40-31-12-5-4-11-29(25)31/h4-6,8-9,11-14,16,18,20,23,28,33,36,40,45H,7,10,15,17,19,21-22H2,1-3H3,(H,41,46)/t23-,28+,33+,36-,38+/m1/s1. The van der Waals surface area contributed by atoms with Crippen LogP contribution in [0.4, 0.5) is 21.2 Å². The number of carbonyl (C=O) groups is 3. The third-order valence-corrected chi connectivity index (χ3v) is 13.5. The summed E-state index contributed by atoms with van der Waals surface area (Å²) in [6, 6.07) is 18.7. The Kier molecular flexibility index (Phi) is 9.26. The van der Waals surface area contributed by atoms with Crippen LogP contribution in [0.5, 0.6) is 0 Å². The van der Waals surface area contributed by atoms with Gasteiger partial charge < -0.3 is 34.1 Å². The number of benzene rings is 3. The van der Waals surface area contributed by atoms with Crippen molar-refractivity contribution >= 4 is 54.1 Å². The number of ether oxygens (including phenoxy) is 1. The fourth-order valence-corrected chi connectivity index (χ4v) is 11.2. The Morgan fingerprint density at radius 3 is 2.69 bits per heavy atom. The molecular formula is C38H42FN5O7Si. The zero-order chi connectivity index (χ0) is 36.9. The van der Waals surface area contributed by atoms with Crippen molar-refractivity contribution in [3.63, 3.8) is 0 Å². The molecule has 4 heterocycles. The number of H-pyrrole nitrogens is 1. The summed E-state index contributed by atoms with van der Waals surface area (Å²) in [6.45, 7) is 5.15. The number of nitro benzene ring substituents is 1. The van der Waals surface area contributed by atoms with Gasteiger partial charge in [-0.3, -0.25) is 24.5 Å². The minimum Gasteiger partial charge on any atom is -0.394 e. The van der Waals surface area contributed by atoms with Gasteiger partial charge in [0.05, 0.1) is 48.7 Å². The van der Waals surface area contributed by atoms with E-state index < -0.39 is 42.4 Å². The van der Waals surface area contributed by atoms with E-state index in [0.29, 0.717) is 29.9 Å². The highest BCUT2D eigenvalue weighted by Crippen LogP contribution is 2.60. The van der Waals surface area contributed by atoms with E-state index in [1.54, 1.807) is 30.0 Å². The Morgan fingerprint density at radius 2 is 1.94 bits per heavy atom. The number of anilines is 2. The number of carbonyl (C=O) groups excluding carboxylic acids is 3. The van der Waals surface area contributed by atoms with Gasteiger partial charge >= 0.3 is 0 Å². The van der Waals surface area contributed by atoms with Crippen molar-refractivity contribution in [3.05, 3.63) is 99.7 Å².